The number of carbonyl (C=O) groups excluding carboxylic acids is 1. The molecular formula is C11H17N5O4. The van der Waals surface area contributed by atoms with Gasteiger partial charge in [0, 0.05) is 19.6 Å². The molecule has 0 radical (unpaired) electrons. The maximum absolute atomic E-state index is 11.8. The number of aliphatic hydroxyl groups is 1. The highest BCUT2D eigenvalue weighted by atomic mass is 16.4. The fourth-order valence-electron chi connectivity index (χ4n) is 2.03. The van der Waals surface area contributed by atoms with Crippen molar-refractivity contribution in [3.8, 4) is 0 Å². The van der Waals surface area contributed by atoms with Gasteiger partial charge in [0.2, 0.25) is 0 Å². The number of aliphatic hydroxyl groups excluding tert-OH is 1. The van der Waals surface area contributed by atoms with E-state index in [0.29, 0.717) is 26.2 Å². The summed E-state index contributed by atoms with van der Waals surface area (Å²) in [5, 5.41) is 28.0. The van der Waals surface area contributed by atoms with Crippen LogP contribution in [0.4, 0.5) is 4.79 Å². The van der Waals surface area contributed by atoms with E-state index in [1.807, 2.05) is 0 Å². The molecule has 110 valence electrons. The number of aromatic nitrogens is 3. The second-order valence-electron chi connectivity index (χ2n) is 4.65. The molecular weight excluding hydrogens is 266 g/mol. The maximum atomic E-state index is 11.8. The molecule has 1 aromatic heterocycles. The van der Waals surface area contributed by atoms with E-state index in [9.17, 15) is 14.7 Å². The number of nitrogens with one attached hydrogen (secondary N) is 1. The molecule has 1 atom stereocenters. The van der Waals surface area contributed by atoms with Crippen LogP contribution in [0.5, 0.6) is 0 Å². The molecule has 1 aliphatic heterocycles. The minimum atomic E-state index is -1.14. The third-order valence-corrected chi connectivity index (χ3v) is 3.06. The van der Waals surface area contributed by atoms with E-state index >= 15 is 0 Å². The van der Waals surface area contributed by atoms with E-state index < -0.39 is 12.1 Å². The maximum Gasteiger partial charge on any atom is 0.358 e. The van der Waals surface area contributed by atoms with Crippen LogP contribution < -0.4 is 5.32 Å². The summed E-state index contributed by atoms with van der Waals surface area (Å²) in [4.78, 5) is 24.0. The molecule has 3 N–H and O–H groups in total. The van der Waals surface area contributed by atoms with Gasteiger partial charge in [0.1, 0.15) is 0 Å². The van der Waals surface area contributed by atoms with Gasteiger partial charge in [-0.25, -0.2) is 14.3 Å². The number of piperidine rings is 1. The van der Waals surface area contributed by atoms with Crippen molar-refractivity contribution in [1.82, 2.24) is 25.2 Å². The van der Waals surface area contributed by atoms with Crippen LogP contribution in [0.1, 0.15) is 23.3 Å². The first-order valence-electron chi connectivity index (χ1n) is 6.40. The van der Waals surface area contributed by atoms with E-state index in [4.69, 9.17) is 5.11 Å². The minimum Gasteiger partial charge on any atom is -0.476 e. The standard InChI is InChI=1S/C11H17N5O4/c17-8-2-1-4-15(6-8)11(20)12-3-5-16-7-9(10(18)19)13-14-16/h7-8,17H,1-6H2,(H,12,20)(H,18,19). The van der Waals surface area contributed by atoms with Crippen LogP contribution in [0.15, 0.2) is 6.20 Å². The second kappa shape index (κ2) is 6.33. The average molecular weight is 283 g/mol. The summed E-state index contributed by atoms with van der Waals surface area (Å²) in [6.07, 6.45) is 2.36. The number of urea groups is 1. The number of carboxylic acids is 1. The Morgan fingerprint density at radius 1 is 1.50 bits per heavy atom. The summed E-state index contributed by atoms with van der Waals surface area (Å²) >= 11 is 0. The van der Waals surface area contributed by atoms with E-state index in [-0.39, 0.29) is 11.7 Å². The lowest BCUT2D eigenvalue weighted by molar-refractivity contribution is 0.0690. The molecule has 1 unspecified atom stereocenters. The number of nitrogens with zero attached hydrogens (tertiary/aromatic N) is 4. The van der Waals surface area contributed by atoms with Crippen molar-refractivity contribution in [2.45, 2.75) is 25.5 Å². The van der Waals surface area contributed by atoms with Crippen molar-refractivity contribution < 1.29 is 19.8 Å². The molecule has 0 bridgehead atoms. The summed E-state index contributed by atoms with van der Waals surface area (Å²) in [6.45, 7) is 1.63. The van der Waals surface area contributed by atoms with E-state index in [2.05, 4.69) is 15.6 Å². The molecule has 0 saturated carbocycles. The average Bonchev–Trinajstić information content (AvgIpc) is 2.87. The number of carbonyl (C=O) groups is 2. The van der Waals surface area contributed by atoms with Gasteiger partial charge in [0.05, 0.1) is 18.8 Å². The lowest BCUT2D eigenvalue weighted by Gasteiger charge is -2.30. The Morgan fingerprint density at radius 3 is 2.95 bits per heavy atom. The molecule has 0 spiro atoms. The molecule has 1 fully saturated rings. The number of hydrogen-bond acceptors (Lipinski definition) is 5. The largest absolute Gasteiger partial charge is 0.476 e. The van der Waals surface area contributed by atoms with Gasteiger partial charge in [0.25, 0.3) is 0 Å². The van der Waals surface area contributed by atoms with Gasteiger partial charge in [-0.2, -0.15) is 0 Å². The van der Waals surface area contributed by atoms with Gasteiger partial charge >= 0.3 is 12.0 Å². The van der Waals surface area contributed by atoms with Crippen LogP contribution in [0.3, 0.4) is 0 Å². The lowest BCUT2D eigenvalue weighted by atomic mass is 10.1. The highest BCUT2D eigenvalue weighted by Crippen LogP contribution is 2.09. The van der Waals surface area contributed by atoms with E-state index in [0.717, 1.165) is 12.8 Å². The Balaban J connectivity index is 1.74. The molecule has 1 aliphatic rings. The molecule has 2 heterocycles. The zero-order chi connectivity index (χ0) is 14.5. The normalized spacial score (nSPS) is 18.9. The fourth-order valence-corrected chi connectivity index (χ4v) is 2.03. The zero-order valence-electron chi connectivity index (χ0n) is 10.9. The summed E-state index contributed by atoms with van der Waals surface area (Å²) in [6, 6.07) is -0.234. The molecule has 0 aliphatic carbocycles. The smallest absolute Gasteiger partial charge is 0.358 e. The van der Waals surface area contributed by atoms with Crippen LogP contribution in [0, 0.1) is 0 Å². The van der Waals surface area contributed by atoms with Crippen molar-refractivity contribution >= 4 is 12.0 Å². The van der Waals surface area contributed by atoms with Crippen molar-refractivity contribution in [3.05, 3.63) is 11.9 Å². The lowest BCUT2D eigenvalue weighted by Crippen LogP contribution is -2.47. The summed E-state index contributed by atoms with van der Waals surface area (Å²) in [7, 11) is 0. The quantitative estimate of drug-likeness (QED) is 0.661. The Bertz CT molecular complexity index is 489. The number of likely N-dealkylation sites (tertiary alicyclic amines) is 1. The van der Waals surface area contributed by atoms with Gasteiger partial charge in [0.15, 0.2) is 5.69 Å². The topological polar surface area (TPSA) is 121 Å². The van der Waals surface area contributed by atoms with Gasteiger partial charge in [-0.3, -0.25) is 0 Å². The van der Waals surface area contributed by atoms with Gasteiger partial charge < -0.3 is 20.4 Å². The molecule has 2 amide bonds. The first kappa shape index (κ1) is 14.3. The summed E-state index contributed by atoms with van der Waals surface area (Å²) in [5.41, 5.74) is -0.129. The Labute approximate surface area is 115 Å². The first-order valence-corrected chi connectivity index (χ1v) is 6.40. The fraction of sp³-hybridized carbons (Fsp3) is 0.636. The minimum absolute atomic E-state index is 0.129. The number of aromatic carboxylic acids is 1. The van der Waals surface area contributed by atoms with Gasteiger partial charge in [-0.1, -0.05) is 5.21 Å². The summed E-state index contributed by atoms with van der Waals surface area (Å²) < 4.78 is 1.36. The van der Waals surface area contributed by atoms with Crippen LogP contribution >= 0.6 is 0 Å². The zero-order valence-corrected chi connectivity index (χ0v) is 10.9. The number of carboxylic acid groups (broad SMARTS) is 1. The Morgan fingerprint density at radius 2 is 2.30 bits per heavy atom. The predicted octanol–water partition coefficient (Wildman–Crippen LogP) is -0.857. The molecule has 1 aromatic rings. The molecule has 0 aromatic carbocycles. The highest BCUT2D eigenvalue weighted by Gasteiger charge is 2.21. The second-order valence-corrected chi connectivity index (χ2v) is 4.65. The van der Waals surface area contributed by atoms with Gasteiger partial charge in [-0.05, 0) is 12.8 Å². The molecule has 2 rings (SSSR count). The SMILES string of the molecule is O=C(O)c1cn(CCNC(=O)N2CCCC(O)C2)nn1. The van der Waals surface area contributed by atoms with Crippen molar-refractivity contribution in [1.29, 1.82) is 0 Å². The molecule has 20 heavy (non-hydrogen) atoms. The van der Waals surface area contributed by atoms with Crippen LogP contribution in [0.25, 0.3) is 0 Å². The van der Waals surface area contributed by atoms with Crippen molar-refractivity contribution in [2.24, 2.45) is 0 Å². The number of hydrogen-bond donors (Lipinski definition) is 3. The van der Waals surface area contributed by atoms with Gasteiger partial charge in [-0.15, -0.1) is 5.10 Å². The molecule has 1 saturated heterocycles. The highest BCUT2D eigenvalue weighted by molar-refractivity contribution is 5.84. The third kappa shape index (κ3) is 3.67. The number of amides is 2. The van der Waals surface area contributed by atoms with Crippen LogP contribution in [-0.2, 0) is 6.54 Å². The monoisotopic (exact) mass is 283 g/mol. The van der Waals surface area contributed by atoms with E-state index in [1.54, 1.807) is 4.90 Å². The van der Waals surface area contributed by atoms with Crippen molar-refractivity contribution in [2.75, 3.05) is 19.6 Å². The number of rotatable bonds is 4. The van der Waals surface area contributed by atoms with Crippen LogP contribution in [-0.4, -0.2) is 67.8 Å². The van der Waals surface area contributed by atoms with Crippen molar-refractivity contribution in [3.63, 3.8) is 0 Å². The van der Waals surface area contributed by atoms with E-state index in [1.165, 1.54) is 10.9 Å². The predicted molar refractivity (Wildman–Crippen MR) is 67.2 cm³/mol. The number of β-amino-alcohol motifs (C(OH)–C–C–N with tert-alkyl or cyclic N) is 1. The Kier molecular flexibility index (Phi) is 4.51. The molecule has 9 nitrogen and oxygen atoms in total. The third-order valence-electron chi connectivity index (χ3n) is 3.06. The Hall–Kier alpha value is -2.16. The van der Waals surface area contributed by atoms with Crippen LogP contribution in [0.2, 0.25) is 0 Å². The first-order chi connectivity index (χ1) is 9.56. The summed E-state index contributed by atoms with van der Waals surface area (Å²) in [5.74, 6) is -1.14. The molecule has 9 heteroatoms.